The molecule has 4 aliphatic heterocycles. The van der Waals surface area contributed by atoms with Gasteiger partial charge in [-0.25, -0.2) is 0 Å². The minimum atomic E-state index is -1.10. The topological polar surface area (TPSA) is 50.5 Å². The van der Waals surface area contributed by atoms with Crippen LogP contribution in [0.5, 0.6) is 0 Å². The van der Waals surface area contributed by atoms with E-state index in [1.807, 2.05) is 0 Å². The van der Waals surface area contributed by atoms with Crippen molar-refractivity contribution in [1.82, 2.24) is 9.80 Å². The minimum absolute atomic E-state index is 0.115. The lowest BCUT2D eigenvalue weighted by Gasteiger charge is -2.57. The minimum Gasteiger partial charge on any atom is -0.374 e. The molecular formula is C13H21N3O. The van der Waals surface area contributed by atoms with Gasteiger partial charge in [-0.1, -0.05) is 13.3 Å². The second-order valence-electron chi connectivity index (χ2n) is 6.08. The summed E-state index contributed by atoms with van der Waals surface area (Å²) in [5, 5.41) is 20.4. The second-order valence-corrected chi connectivity index (χ2v) is 6.08. The van der Waals surface area contributed by atoms with Crippen molar-refractivity contribution in [2.24, 2.45) is 11.3 Å². The van der Waals surface area contributed by atoms with Gasteiger partial charge in [0.25, 0.3) is 0 Å². The number of aliphatic hydroxyl groups is 1. The van der Waals surface area contributed by atoms with E-state index in [-0.39, 0.29) is 11.3 Å². The van der Waals surface area contributed by atoms with E-state index in [0.29, 0.717) is 0 Å². The molecule has 0 radical (unpaired) electrons. The predicted octanol–water partition coefficient (Wildman–Crippen LogP) is 0.289. The average molecular weight is 235 g/mol. The normalized spacial score (nSPS) is 52.2. The molecule has 0 aromatic heterocycles. The summed E-state index contributed by atoms with van der Waals surface area (Å²) in [5.41, 5.74) is -1.31. The van der Waals surface area contributed by atoms with Gasteiger partial charge in [0.1, 0.15) is 0 Å². The van der Waals surface area contributed by atoms with Gasteiger partial charge in [0.2, 0.25) is 0 Å². The second kappa shape index (κ2) is 3.68. The zero-order chi connectivity index (χ0) is 12.1. The van der Waals surface area contributed by atoms with Crippen LogP contribution in [0.3, 0.4) is 0 Å². The molecule has 0 amide bonds. The van der Waals surface area contributed by atoms with E-state index in [2.05, 4.69) is 22.8 Å². The lowest BCUT2D eigenvalue weighted by Crippen LogP contribution is -2.70. The maximum atomic E-state index is 10.9. The zero-order valence-electron chi connectivity index (χ0n) is 10.5. The highest BCUT2D eigenvalue weighted by molar-refractivity contribution is 5.23. The summed E-state index contributed by atoms with van der Waals surface area (Å²) in [4.78, 5) is 4.91. The molecule has 4 fully saturated rings. The van der Waals surface area contributed by atoms with Crippen LogP contribution in [0.1, 0.15) is 19.8 Å². The third kappa shape index (κ3) is 1.40. The molecule has 0 aromatic rings. The van der Waals surface area contributed by atoms with Crippen molar-refractivity contribution in [2.45, 2.75) is 25.4 Å². The summed E-state index contributed by atoms with van der Waals surface area (Å²) in [7, 11) is 0. The summed E-state index contributed by atoms with van der Waals surface area (Å²) in [6.45, 7) is 7.94. The summed E-state index contributed by atoms with van der Waals surface area (Å²) in [6.07, 6.45) is 2.00. The maximum absolute atomic E-state index is 10.9. The van der Waals surface area contributed by atoms with E-state index in [1.54, 1.807) is 0 Å². The molecule has 4 aliphatic rings. The number of nitriles is 1. The predicted molar refractivity (Wildman–Crippen MR) is 64.3 cm³/mol. The van der Waals surface area contributed by atoms with Gasteiger partial charge in [0, 0.05) is 50.6 Å². The van der Waals surface area contributed by atoms with E-state index in [9.17, 15) is 10.4 Å². The van der Waals surface area contributed by atoms with Crippen LogP contribution in [0, 0.1) is 22.7 Å². The number of piperidine rings is 2. The Labute approximate surface area is 103 Å². The molecule has 4 heterocycles. The third-order valence-corrected chi connectivity index (χ3v) is 5.04. The fraction of sp³-hybridized carbons (Fsp3) is 0.923. The first-order valence-corrected chi connectivity index (χ1v) is 6.72. The van der Waals surface area contributed by atoms with Crippen LogP contribution in [0.15, 0.2) is 0 Å². The van der Waals surface area contributed by atoms with Gasteiger partial charge in [0.15, 0.2) is 5.60 Å². The lowest BCUT2D eigenvalue weighted by atomic mass is 9.59. The van der Waals surface area contributed by atoms with E-state index < -0.39 is 5.60 Å². The SMILES string of the molecule is CCCC12CN3CCN(CC(C3)C1(O)C#N)C2. The summed E-state index contributed by atoms with van der Waals surface area (Å²) < 4.78 is 0. The lowest BCUT2D eigenvalue weighted by molar-refractivity contribution is -0.167. The van der Waals surface area contributed by atoms with Crippen molar-refractivity contribution in [3.8, 4) is 6.07 Å². The first-order chi connectivity index (χ1) is 8.13. The third-order valence-electron chi connectivity index (χ3n) is 5.04. The van der Waals surface area contributed by atoms with Crippen LogP contribution in [0.25, 0.3) is 0 Å². The van der Waals surface area contributed by atoms with Gasteiger partial charge < -0.3 is 14.9 Å². The maximum Gasteiger partial charge on any atom is 0.164 e. The van der Waals surface area contributed by atoms with Crippen LogP contribution in [0.2, 0.25) is 0 Å². The quantitative estimate of drug-likeness (QED) is 0.699. The fourth-order valence-electron chi connectivity index (χ4n) is 4.32. The summed E-state index contributed by atoms with van der Waals surface area (Å²) >= 11 is 0. The number of hydrogen-bond acceptors (Lipinski definition) is 4. The van der Waals surface area contributed by atoms with Crippen molar-refractivity contribution in [2.75, 3.05) is 39.3 Å². The van der Waals surface area contributed by atoms with Crippen molar-refractivity contribution >= 4 is 0 Å². The zero-order valence-corrected chi connectivity index (χ0v) is 10.5. The van der Waals surface area contributed by atoms with E-state index >= 15 is 0 Å². The number of rotatable bonds is 2. The van der Waals surface area contributed by atoms with Crippen LogP contribution >= 0.6 is 0 Å². The van der Waals surface area contributed by atoms with Gasteiger partial charge in [-0.05, 0) is 6.42 Å². The molecule has 94 valence electrons. The smallest absolute Gasteiger partial charge is 0.164 e. The Balaban J connectivity index is 2.05. The van der Waals surface area contributed by atoms with Crippen LogP contribution in [-0.4, -0.2) is 59.8 Å². The standard InChI is InChI=1S/C13H21N3O/c1-2-3-12-9-15-4-5-16(10-12)7-11(6-15)13(12,17)8-14/h11,17H,2-7,9-10H2,1H3. The fourth-order valence-corrected chi connectivity index (χ4v) is 4.32. The molecular weight excluding hydrogens is 214 g/mol. The highest BCUT2D eigenvalue weighted by atomic mass is 16.3. The Bertz CT molecular complexity index is 348. The Kier molecular flexibility index (Phi) is 2.48. The van der Waals surface area contributed by atoms with Gasteiger partial charge in [-0.2, -0.15) is 5.26 Å². The Hall–Kier alpha value is -0.630. The van der Waals surface area contributed by atoms with Gasteiger partial charge >= 0.3 is 0 Å². The number of nitrogens with zero attached hydrogens (tertiary/aromatic N) is 3. The molecule has 4 rings (SSSR count). The van der Waals surface area contributed by atoms with Gasteiger partial charge in [0.05, 0.1) is 6.07 Å². The number of fused-ring (bicyclic) bond motifs is 1. The first-order valence-electron chi connectivity index (χ1n) is 6.72. The van der Waals surface area contributed by atoms with Crippen molar-refractivity contribution in [3.05, 3.63) is 0 Å². The Morgan fingerprint density at radius 1 is 1.29 bits per heavy atom. The van der Waals surface area contributed by atoms with Crippen LogP contribution in [0.4, 0.5) is 0 Å². The van der Waals surface area contributed by atoms with E-state index in [1.165, 1.54) is 0 Å². The highest BCUT2D eigenvalue weighted by Gasteiger charge is 2.63. The largest absolute Gasteiger partial charge is 0.374 e. The molecule has 0 aliphatic carbocycles. The summed E-state index contributed by atoms with van der Waals surface area (Å²) in [5.74, 6) is 0.115. The van der Waals surface area contributed by atoms with Gasteiger partial charge in [-0.15, -0.1) is 0 Å². The molecule has 3 atom stereocenters. The number of hydrogen-bond donors (Lipinski definition) is 1. The van der Waals surface area contributed by atoms with Crippen LogP contribution < -0.4 is 0 Å². The highest BCUT2D eigenvalue weighted by Crippen LogP contribution is 2.50. The van der Waals surface area contributed by atoms with Crippen molar-refractivity contribution in [3.63, 3.8) is 0 Å². The summed E-state index contributed by atoms with van der Waals surface area (Å²) in [6, 6.07) is 2.28. The average Bonchev–Trinajstić information content (AvgIpc) is 2.55. The monoisotopic (exact) mass is 235 g/mol. The molecule has 1 N–H and O–H groups in total. The van der Waals surface area contributed by atoms with E-state index in [0.717, 1.165) is 52.1 Å². The molecule has 4 heteroatoms. The molecule has 0 aromatic carbocycles. The molecule has 0 spiro atoms. The Morgan fingerprint density at radius 3 is 2.35 bits per heavy atom. The molecule has 0 saturated carbocycles. The molecule has 4 bridgehead atoms. The molecule has 3 unspecified atom stereocenters. The first kappa shape index (κ1) is 11.5. The molecule has 17 heavy (non-hydrogen) atoms. The molecule has 4 nitrogen and oxygen atoms in total. The molecule has 4 saturated heterocycles. The van der Waals surface area contributed by atoms with Gasteiger partial charge in [-0.3, -0.25) is 0 Å². The van der Waals surface area contributed by atoms with Crippen molar-refractivity contribution < 1.29 is 5.11 Å². The van der Waals surface area contributed by atoms with E-state index in [4.69, 9.17) is 0 Å². The Morgan fingerprint density at radius 2 is 1.88 bits per heavy atom. The van der Waals surface area contributed by atoms with Crippen LogP contribution in [-0.2, 0) is 0 Å². The van der Waals surface area contributed by atoms with Crippen molar-refractivity contribution in [1.29, 1.82) is 5.26 Å².